The van der Waals surface area contributed by atoms with E-state index in [4.69, 9.17) is 16.3 Å². The Morgan fingerprint density at radius 3 is 2.79 bits per heavy atom. The number of anilines is 1. The summed E-state index contributed by atoms with van der Waals surface area (Å²) in [6.07, 6.45) is 3.58. The summed E-state index contributed by atoms with van der Waals surface area (Å²) in [6, 6.07) is 16.8. The molecule has 0 amide bonds. The van der Waals surface area contributed by atoms with Crippen molar-refractivity contribution in [3.8, 4) is 6.07 Å². The Kier molecular flexibility index (Phi) is 7.30. The molecule has 0 saturated carbocycles. The lowest BCUT2D eigenvalue weighted by Gasteiger charge is -2.06. The number of ether oxygens (including phenoxy) is 1. The van der Waals surface area contributed by atoms with E-state index in [1.54, 1.807) is 30.5 Å². The van der Waals surface area contributed by atoms with Gasteiger partial charge in [0.15, 0.2) is 0 Å². The summed E-state index contributed by atoms with van der Waals surface area (Å²) < 4.78 is 9.23. The molecule has 1 aromatic heterocycles. The van der Waals surface area contributed by atoms with Gasteiger partial charge >= 0.3 is 5.97 Å². The number of nitrogens with one attached hydrogen (secondary N) is 1. The molecule has 0 aliphatic rings. The Labute approximate surface area is 182 Å². The van der Waals surface area contributed by atoms with Crippen molar-refractivity contribution in [2.45, 2.75) is 10.8 Å². The maximum absolute atomic E-state index is 11.9. The zero-order valence-corrected chi connectivity index (χ0v) is 17.8. The summed E-state index contributed by atoms with van der Waals surface area (Å²) in [5.41, 5.74) is 2.76. The van der Waals surface area contributed by atoms with Crippen molar-refractivity contribution in [3.63, 3.8) is 0 Å². The summed E-state index contributed by atoms with van der Waals surface area (Å²) in [6.45, 7) is 0. The maximum atomic E-state index is 11.9. The van der Waals surface area contributed by atoms with Crippen molar-refractivity contribution >= 4 is 52.6 Å². The molecule has 0 radical (unpaired) electrons. The van der Waals surface area contributed by atoms with E-state index in [-0.39, 0.29) is 5.97 Å². The minimum absolute atomic E-state index is 0.378. The van der Waals surface area contributed by atoms with E-state index in [1.807, 2.05) is 30.3 Å². The molecule has 2 aromatic carbocycles. The van der Waals surface area contributed by atoms with Crippen molar-refractivity contribution in [3.05, 3.63) is 81.3 Å². The number of thioether (sulfide) groups is 1. The van der Waals surface area contributed by atoms with Gasteiger partial charge in [0.05, 0.1) is 17.6 Å². The number of hydrogen-bond acceptors (Lipinski definition) is 7. The van der Waals surface area contributed by atoms with Crippen LogP contribution in [0.3, 0.4) is 0 Å². The molecule has 0 aliphatic heterocycles. The second-order valence-corrected chi connectivity index (χ2v) is 7.97. The van der Waals surface area contributed by atoms with Crippen LogP contribution in [0, 0.1) is 11.3 Å². The van der Waals surface area contributed by atoms with Crippen molar-refractivity contribution < 1.29 is 9.53 Å². The van der Waals surface area contributed by atoms with Crippen molar-refractivity contribution in [2.75, 3.05) is 12.4 Å². The highest BCUT2D eigenvalue weighted by atomic mass is 35.5. The summed E-state index contributed by atoms with van der Waals surface area (Å²) >= 11 is 8.55. The molecule has 0 aliphatic carbocycles. The number of esters is 1. The highest BCUT2D eigenvalue weighted by Gasteiger charge is 2.15. The first kappa shape index (κ1) is 20.9. The molecule has 0 spiro atoms. The molecule has 0 saturated heterocycles. The van der Waals surface area contributed by atoms with Crippen LogP contribution in [0.1, 0.15) is 26.4 Å². The van der Waals surface area contributed by atoms with E-state index < -0.39 is 0 Å². The van der Waals surface area contributed by atoms with Crippen LogP contribution in [0.5, 0.6) is 0 Å². The number of aromatic nitrogens is 1. The SMILES string of the molecule is COC(=O)c1ccccc1CSc1nsc(/C=C\Nc2ccc(Cl)cc2)c1C#N. The molecule has 0 fully saturated rings. The average molecular weight is 442 g/mol. The molecule has 29 heavy (non-hydrogen) atoms. The predicted octanol–water partition coefficient (Wildman–Crippen LogP) is 5.83. The van der Waals surface area contributed by atoms with Crippen LogP contribution in [-0.2, 0) is 10.5 Å². The molecule has 8 heteroatoms. The lowest BCUT2D eigenvalue weighted by molar-refractivity contribution is 0.0600. The van der Waals surface area contributed by atoms with E-state index in [0.29, 0.717) is 26.9 Å². The molecule has 5 nitrogen and oxygen atoms in total. The normalized spacial score (nSPS) is 10.7. The molecular weight excluding hydrogens is 426 g/mol. The highest BCUT2D eigenvalue weighted by Crippen LogP contribution is 2.31. The van der Waals surface area contributed by atoms with E-state index in [0.717, 1.165) is 16.1 Å². The van der Waals surface area contributed by atoms with Crippen LogP contribution in [0.4, 0.5) is 5.69 Å². The first-order valence-corrected chi connectivity index (χ1v) is 10.6. The van der Waals surface area contributed by atoms with Gasteiger partial charge < -0.3 is 10.1 Å². The molecule has 0 unspecified atom stereocenters. The molecule has 1 heterocycles. The second kappa shape index (κ2) is 10.1. The lowest BCUT2D eigenvalue weighted by Crippen LogP contribution is -2.04. The third-order valence-electron chi connectivity index (χ3n) is 3.91. The van der Waals surface area contributed by atoms with Crippen molar-refractivity contribution in [2.24, 2.45) is 0 Å². The van der Waals surface area contributed by atoms with Gasteiger partial charge in [-0.3, -0.25) is 0 Å². The van der Waals surface area contributed by atoms with Gasteiger partial charge in [0, 0.05) is 22.7 Å². The monoisotopic (exact) mass is 441 g/mol. The summed E-state index contributed by atoms with van der Waals surface area (Å²) in [5.74, 6) is 0.132. The van der Waals surface area contributed by atoms with Gasteiger partial charge in [0.25, 0.3) is 0 Å². The molecule has 3 rings (SSSR count). The first-order chi connectivity index (χ1) is 14.1. The number of nitrogens with zero attached hydrogens (tertiary/aromatic N) is 2. The molecule has 1 N–H and O–H groups in total. The fourth-order valence-corrected chi connectivity index (χ4v) is 4.46. The predicted molar refractivity (Wildman–Crippen MR) is 118 cm³/mol. The second-order valence-electron chi connectivity index (χ2n) is 5.76. The van der Waals surface area contributed by atoms with E-state index in [1.165, 1.54) is 30.4 Å². The molecule has 3 aromatic rings. The van der Waals surface area contributed by atoms with Crippen LogP contribution in [0.15, 0.2) is 59.8 Å². The number of nitriles is 1. The third kappa shape index (κ3) is 5.39. The van der Waals surface area contributed by atoms with Crippen LogP contribution in [-0.4, -0.2) is 17.5 Å². The third-order valence-corrected chi connectivity index (χ3v) is 6.12. The molecule has 146 valence electrons. The van der Waals surface area contributed by atoms with Crippen LogP contribution < -0.4 is 5.32 Å². The van der Waals surface area contributed by atoms with Crippen LogP contribution in [0.2, 0.25) is 5.02 Å². The van der Waals surface area contributed by atoms with Gasteiger partial charge in [0.1, 0.15) is 16.7 Å². The average Bonchev–Trinajstić information content (AvgIpc) is 3.15. The fraction of sp³-hybridized carbons (Fsp3) is 0.0952. The summed E-state index contributed by atoms with van der Waals surface area (Å²) in [7, 11) is 1.36. The fourth-order valence-electron chi connectivity index (χ4n) is 2.46. The van der Waals surface area contributed by atoms with Crippen molar-refractivity contribution in [1.29, 1.82) is 5.26 Å². The number of halogens is 1. The summed E-state index contributed by atoms with van der Waals surface area (Å²) in [4.78, 5) is 12.7. The largest absolute Gasteiger partial charge is 0.465 e. The van der Waals surface area contributed by atoms with E-state index in [2.05, 4.69) is 15.8 Å². The topological polar surface area (TPSA) is 75.0 Å². The number of carbonyl (C=O) groups excluding carboxylic acids is 1. The molecular formula is C21H16ClN3O2S2. The van der Waals surface area contributed by atoms with Gasteiger partial charge in [-0.2, -0.15) is 9.64 Å². The minimum atomic E-state index is -0.378. The van der Waals surface area contributed by atoms with Gasteiger partial charge in [-0.15, -0.1) is 0 Å². The Morgan fingerprint density at radius 1 is 1.31 bits per heavy atom. The minimum Gasteiger partial charge on any atom is -0.465 e. The van der Waals surface area contributed by atoms with Gasteiger partial charge in [-0.1, -0.05) is 41.6 Å². The number of carbonyl (C=O) groups is 1. The molecule has 0 atom stereocenters. The Balaban J connectivity index is 1.70. The quantitative estimate of drug-likeness (QED) is 0.367. The van der Waals surface area contributed by atoms with Gasteiger partial charge in [-0.25, -0.2) is 4.79 Å². The Morgan fingerprint density at radius 2 is 2.07 bits per heavy atom. The first-order valence-electron chi connectivity index (χ1n) is 8.50. The van der Waals surface area contributed by atoms with Gasteiger partial charge in [-0.05, 0) is 53.5 Å². The Bertz CT molecular complexity index is 1070. The molecule has 0 bridgehead atoms. The summed E-state index contributed by atoms with van der Waals surface area (Å²) in [5, 5.41) is 14.0. The number of benzene rings is 2. The number of rotatable bonds is 7. The highest BCUT2D eigenvalue weighted by molar-refractivity contribution is 7.98. The maximum Gasteiger partial charge on any atom is 0.338 e. The van der Waals surface area contributed by atoms with E-state index >= 15 is 0 Å². The lowest BCUT2D eigenvalue weighted by atomic mass is 10.1. The smallest absolute Gasteiger partial charge is 0.338 e. The number of methoxy groups -OCH3 is 1. The Hall–Kier alpha value is -2.79. The standard InChI is InChI=1S/C21H16ClN3O2S2/c1-27-21(26)17-5-3-2-4-14(17)13-28-20-18(12-23)19(29-25-20)10-11-24-16-8-6-15(22)7-9-16/h2-11,24H,13H2,1H3/b11-10-. The van der Waals surface area contributed by atoms with Crippen LogP contribution in [0.25, 0.3) is 6.08 Å². The zero-order valence-electron chi connectivity index (χ0n) is 15.4. The zero-order chi connectivity index (χ0) is 20.6. The van der Waals surface area contributed by atoms with Crippen molar-refractivity contribution in [1.82, 2.24) is 4.37 Å². The van der Waals surface area contributed by atoms with Gasteiger partial charge in [0.2, 0.25) is 0 Å². The van der Waals surface area contributed by atoms with E-state index in [9.17, 15) is 10.1 Å². The van der Waals surface area contributed by atoms with Crippen LogP contribution >= 0.6 is 34.9 Å². The number of hydrogen-bond donors (Lipinski definition) is 1.